The van der Waals surface area contributed by atoms with Gasteiger partial charge in [0.2, 0.25) is 0 Å². The third kappa shape index (κ3) is 2.93. The van der Waals surface area contributed by atoms with Crippen molar-refractivity contribution in [3.8, 4) is 11.3 Å². The van der Waals surface area contributed by atoms with E-state index in [-0.39, 0.29) is 11.9 Å². The maximum atomic E-state index is 12.7. The van der Waals surface area contributed by atoms with Gasteiger partial charge in [0.1, 0.15) is 5.56 Å². The summed E-state index contributed by atoms with van der Waals surface area (Å²) in [7, 11) is 0. The third-order valence-corrected chi connectivity index (χ3v) is 4.27. The summed E-state index contributed by atoms with van der Waals surface area (Å²) in [5.41, 5.74) is 3.87. The van der Waals surface area contributed by atoms with Gasteiger partial charge in [-0.25, -0.2) is 9.50 Å². The second kappa shape index (κ2) is 6.76. The van der Waals surface area contributed by atoms with Crippen LogP contribution in [0.1, 0.15) is 28.9 Å². The number of rotatable bonds is 4. The van der Waals surface area contributed by atoms with Gasteiger partial charge in [0, 0.05) is 24.2 Å². The molecule has 0 aliphatic heterocycles. The van der Waals surface area contributed by atoms with Crippen LogP contribution in [0.3, 0.4) is 0 Å². The number of hydrogen-bond acceptors (Lipinski definition) is 4. The van der Waals surface area contributed by atoms with Crippen LogP contribution >= 0.6 is 0 Å². The van der Waals surface area contributed by atoms with E-state index in [1.165, 1.54) is 0 Å². The molecule has 3 heterocycles. The summed E-state index contributed by atoms with van der Waals surface area (Å²) in [4.78, 5) is 21.1. The zero-order chi connectivity index (χ0) is 17.9. The highest BCUT2D eigenvalue weighted by molar-refractivity contribution is 6.00. The number of carbonyl (C=O) groups is 1. The lowest BCUT2D eigenvalue weighted by molar-refractivity contribution is 0.0941. The topological polar surface area (TPSA) is 72.2 Å². The molecule has 128 valence electrons. The van der Waals surface area contributed by atoms with Crippen LogP contribution in [-0.4, -0.2) is 25.5 Å². The van der Waals surface area contributed by atoms with Gasteiger partial charge in [-0.3, -0.25) is 9.78 Å². The maximum absolute atomic E-state index is 12.7. The molecular weight excluding hydrogens is 326 g/mol. The van der Waals surface area contributed by atoms with Gasteiger partial charge in [0.05, 0.1) is 17.9 Å². The number of amides is 1. The lowest BCUT2D eigenvalue weighted by atomic mass is 10.1. The smallest absolute Gasteiger partial charge is 0.257 e. The Hall–Kier alpha value is -3.54. The van der Waals surface area contributed by atoms with E-state index < -0.39 is 0 Å². The minimum absolute atomic E-state index is 0.141. The summed E-state index contributed by atoms with van der Waals surface area (Å²) < 4.78 is 1.70. The van der Waals surface area contributed by atoms with Crippen LogP contribution in [0.2, 0.25) is 0 Å². The van der Waals surface area contributed by atoms with Gasteiger partial charge < -0.3 is 5.32 Å². The predicted molar refractivity (Wildman–Crippen MR) is 98.5 cm³/mol. The molecule has 0 fully saturated rings. The Labute approximate surface area is 150 Å². The molecule has 0 radical (unpaired) electrons. The van der Waals surface area contributed by atoms with Gasteiger partial charge in [0.15, 0.2) is 5.65 Å². The molecule has 1 amide bonds. The molecule has 4 aromatic rings. The van der Waals surface area contributed by atoms with Crippen LogP contribution < -0.4 is 5.32 Å². The summed E-state index contributed by atoms with van der Waals surface area (Å²) in [6.07, 6.45) is 6.67. The lowest BCUT2D eigenvalue weighted by Gasteiger charge is -2.13. The number of nitrogens with zero attached hydrogens (tertiary/aromatic N) is 4. The van der Waals surface area contributed by atoms with Crippen molar-refractivity contribution in [2.24, 2.45) is 0 Å². The van der Waals surface area contributed by atoms with E-state index in [2.05, 4.69) is 20.4 Å². The molecule has 0 aliphatic carbocycles. The molecule has 3 aromatic heterocycles. The van der Waals surface area contributed by atoms with Crippen molar-refractivity contribution < 1.29 is 4.79 Å². The number of pyridine rings is 1. The van der Waals surface area contributed by atoms with Crippen molar-refractivity contribution in [2.75, 3.05) is 0 Å². The van der Waals surface area contributed by atoms with Crippen molar-refractivity contribution in [2.45, 2.75) is 13.0 Å². The Bertz CT molecular complexity index is 1040. The Morgan fingerprint density at radius 3 is 2.58 bits per heavy atom. The first kappa shape index (κ1) is 16.0. The number of hydrogen-bond donors (Lipinski definition) is 1. The second-order valence-electron chi connectivity index (χ2n) is 5.97. The molecule has 6 nitrogen and oxygen atoms in total. The Balaban J connectivity index is 1.66. The summed E-state index contributed by atoms with van der Waals surface area (Å²) in [5.74, 6) is -0.206. The average Bonchev–Trinajstić information content (AvgIpc) is 3.13. The zero-order valence-electron chi connectivity index (χ0n) is 14.2. The van der Waals surface area contributed by atoms with Crippen molar-refractivity contribution >= 4 is 11.6 Å². The van der Waals surface area contributed by atoms with Crippen LogP contribution in [0.4, 0.5) is 0 Å². The Morgan fingerprint density at radius 2 is 1.81 bits per heavy atom. The van der Waals surface area contributed by atoms with Gasteiger partial charge in [-0.05, 0) is 30.7 Å². The number of aromatic nitrogens is 4. The molecule has 1 N–H and O–H groups in total. The fraction of sp³-hybridized carbons (Fsp3) is 0.100. The van der Waals surface area contributed by atoms with Crippen LogP contribution in [0, 0.1) is 0 Å². The highest BCUT2D eigenvalue weighted by Crippen LogP contribution is 2.21. The normalized spacial score (nSPS) is 12.0. The van der Waals surface area contributed by atoms with E-state index in [4.69, 9.17) is 0 Å². The highest BCUT2D eigenvalue weighted by Gasteiger charge is 2.18. The van der Waals surface area contributed by atoms with Crippen molar-refractivity contribution in [3.63, 3.8) is 0 Å². The molecule has 0 bridgehead atoms. The minimum Gasteiger partial charge on any atom is -0.345 e. The van der Waals surface area contributed by atoms with Gasteiger partial charge in [0.25, 0.3) is 5.91 Å². The monoisotopic (exact) mass is 343 g/mol. The molecule has 0 aliphatic rings. The van der Waals surface area contributed by atoms with Crippen molar-refractivity contribution in [3.05, 3.63) is 84.4 Å². The number of benzene rings is 1. The molecule has 1 atom stereocenters. The molecule has 4 rings (SSSR count). The highest BCUT2D eigenvalue weighted by atomic mass is 16.1. The van der Waals surface area contributed by atoms with Crippen LogP contribution in [-0.2, 0) is 0 Å². The first-order valence-corrected chi connectivity index (χ1v) is 8.33. The van der Waals surface area contributed by atoms with Crippen LogP contribution in [0.15, 0.2) is 73.3 Å². The van der Waals surface area contributed by atoms with E-state index >= 15 is 0 Å². The lowest BCUT2D eigenvalue weighted by Crippen LogP contribution is -2.26. The quantitative estimate of drug-likeness (QED) is 0.617. The molecule has 26 heavy (non-hydrogen) atoms. The first-order chi connectivity index (χ1) is 12.7. The standard InChI is InChI=1S/C20H17N5O/c1-14(15-7-10-21-11-8-15)24-20(26)17-13-23-25-18(9-12-22-19(17)25)16-5-3-2-4-6-16/h2-14H,1H3,(H,24,26). The van der Waals surface area contributed by atoms with E-state index in [1.54, 1.807) is 29.3 Å². The van der Waals surface area contributed by atoms with Crippen molar-refractivity contribution in [1.29, 1.82) is 0 Å². The van der Waals surface area contributed by atoms with Gasteiger partial charge in [-0.15, -0.1) is 0 Å². The van der Waals surface area contributed by atoms with Gasteiger partial charge in [-0.1, -0.05) is 30.3 Å². The summed E-state index contributed by atoms with van der Waals surface area (Å²) in [6.45, 7) is 1.93. The fourth-order valence-corrected chi connectivity index (χ4v) is 2.89. The molecular formula is C20H17N5O. The molecule has 0 saturated carbocycles. The largest absolute Gasteiger partial charge is 0.345 e. The summed E-state index contributed by atoms with van der Waals surface area (Å²) >= 11 is 0. The fourth-order valence-electron chi connectivity index (χ4n) is 2.89. The number of nitrogens with one attached hydrogen (secondary N) is 1. The van der Waals surface area contributed by atoms with E-state index in [1.807, 2.05) is 55.5 Å². The van der Waals surface area contributed by atoms with Crippen LogP contribution in [0.25, 0.3) is 16.9 Å². The van der Waals surface area contributed by atoms with Crippen LogP contribution in [0.5, 0.6) is 0 Å². The molecule has 0 saturated heterocycles. The predicted octanol–water partition coefficient (Wildman–Crippen LogP) is 3.28. The third-order valence-electron chi connectivity index (χ3n) is 4.27. The molecule has 1 aromatic carbocycles. The van der Waals surface area contributed by atoms with E-state index in [9.17, 15) is 4.79 Å². The second-order valence-corrected chi connectivity index (χ2v) is 5.97. The summed E-state index contributed by atoms with van der Waals surface area (Å²) in [6, 6.07) is 15.4. The number of fused-ring (bicyclic) bond motifs is 1. The maximum Gasteiger partial charge on any atom is 0.257 e. The molecule has 6 heteroatoms. The van der Waals surface area contributed by atoms with E-state index in [0.29, 0.717) is 11.2 Å². The zero-order valence-corrected chi connectivity index (χ0v) is 14.2. The van der Waals surface area contributed by atoms with Gasteiger partial charge >= 0.3 is 0 Å². The summed E-state index contributed by atoms with van der Waals surface area (Å²) in [5, 5.41) is 7.37. The van der Waals surface area contributed by atoms with E-state index in [0.717, 1.165) is 16.8 Å². The van der Waals surface area contributed by atoms with Crippen molar-refractivity contribution in [1.82, 2.24) is 24.9 Å². The molecule has 1 unspecified atom stereocenters. The number of carbonyl (C=O) groups excluding carboxylic acids is 1. The Kier molecular flexibility index (Phi) is 4.15. The molecule has 0 spiro atoms. The SMILES string of the molecule is CC(NC(=O)c1cnn2c(-c3ccccc3)ccnc12)c1ccncc1. The van der Waals surface area contributed by atoms with Gasteiger partial charge in [-0.2, -0.15) is 5.10 Å². The average molecular weight is 343 g/mol. The minimum atomic E-state index is -0.206. The Morgan fingerprint density at radius 1 is 1.04 bits per heavy atom. The first-order valence-electron chi connectivity index (χ1n) is 8.33.